The van der Waals surface area contributed by atoms with E-state index < -0.39 is 11.8 Å². The number of amides is 2. The summed E-state index contributed by atoms with van der Waals surface area (Å²) in [5.74, 6) is 0.882. The standard InChI is InChI=1S/C24H24N2O6/c1-29-20-12-11-17(21(30-2)22(20)31-3)15-25-24(28)19(14-18-10-7-13-32-18)26-23(27)16-8-5-4-6-9-16/h4-14H,15H2,1-3H3,(H,25,28)(H,26,27)/b19-14-. The van der Waals surface area contributed by atoms with Crippen molar-refractivity contribution < 1.29 is 28.2 Å². The third-order valence-electron chi connectivity index (χ3n) is 4.58. The smallest absolute Gasteiger partial charge is 0.268 e. The van der Waals surface area contributed by atoms with E-state index in [0.717, 1.165) is 0 Å². The number of nitrogens with one attached hydrogen (secondary N) is 2. The number of carbonyl (C=O) groups excluding carboxylic acids is 2. The van der Waals surface area contributed by atoms with Gasteiger partial charge in [-0.2, -0.15) is 0 Å². The molecular weight excluding hydrogens is 412 g/mol. The minimum atomic E-state index is -0.498. The quantitative estimate of drug-likeness (QED) is 0.499. The molecule has 1 heterocycles. The molecule has 0 aliphatic rings. The molecule has 1 aromatic heterocycles. The van der Waals surface area contributed by atoms with E-state index in [9.17, 15) is 9.59 Å². The summed E-state index contributed by atoms with van der Waals surface area (Å²) < 4.78 is 21.4. The normalized spacial score (nSPS) is 10.9. The fraction of sp³-hybridized carbons (Fsp3) is 0.167. The summed E-state index contributed by atoms with van der Waals surface area (Å²) in [7, 11) is 4.54. The molecule has 32 heavy (non-hydrogen) atoms. The fourth-order valence-corrected chi connectivity index (χ4v) is 3.03. The van der Waals surface area contributed by atoms with Crippen molar-refractivity contribution in [2.75, 3.05) is 21.3 Å². The number of hydrogen-bond donors (Lipinski definition) is 2. The van der Waals surface area contributed by atoms with Gasteiger partial charge in [0.2, 0.25) is 5.75 Å². The van der Waals surface area contributed by atoms with Crippen LogP contribution >= 0.6 is 0 Å². The Kier molecular flexibility index (Phi) is 7.53. The Morgan fingerprint density at radius 1 is 0.906 bits per heavy atom. The Hall–Kier alpha value is -4.20. The molecule has 0 saturated heterocycles. The third-order valence-corrected chi connectivity index (χ3v) is 4.58. The zero-order valence-electron chi connectivity index (χ0n) is 18.0. The summed E-state index contributed by atoms with van der Waals surface area (Å²) >= 11 is 0. The van der Waals surface area contributed by atoms with Crippen LogP contribution in [0.2, 0.25) is 0 Å². The predicted octanol–water partition coefficient (Wildman–Crippen LogP) is 3.39. The summed E-state index contributed by atoms with van der Waals surface area (Å²) in [4.78, 5) is 25.6. The predicted molar refractivity (Wildman–Crippen MR) is 119 cm³/mol. The van der Waals surface area contributed by atoms with Gasteiger partial charge in [-0.1, -0.05) is 18.2 Å². The Balaban J connectivity index is 1.81. The molecule has 2 aromatic carbocycles. The monoisotopic (exact) mass is 436 g/mol. The number of ether oxygens (including phenoxy) is 3. The van der Waals surface area contributed by atoms with Crippen LogP contribution in [0.15, 0.2) is 71.0 Å². The molecule has 0 bridgehead atoms. The summed E-state index contributed by atoms with van der Waals surface area (Å²) in [5.41, 5.74) is 1.13. The van der Waals surface area contributed by atoms with Crippen LogP contribution < -0.4 is 24.8 Å². The van der Waals surface area contributed by atoms with Crippen molar-refractivity contribution in [3.8, 4) is 17.2 Å². The largest absolute Gasteiger partial charge is 0.493 e. The second-order valence-electron chi connectivity index (χ2n) is 6.57. The van der Waals surface area contributed by atoms with Crippen LogP contribution in [0.5, 0.6) is 17.2 Å². The van der Waals surface area contributed by atoms with Gasteiger partial charge in [0.1, 0.15) is 11.5 Å². The summed E-state index contributed by atoms with van der Waals surface area (Å²) in [6, 6.07) is 15.5. The van der Waals surface area contributed by atoms with Crippen molar-refractivity contribution in [1.82, 2.24) is 10.6 Å². The first-order valence-corrected chi connectivity index (χ1v) is 9.75. The Bertz CT molecular complexity index is 1090. The number of benzene rings is 2. The molecular formula is C24H24N2O6. The van der Waals surface area contributed by atoms with Crippen LogP contribution in [0.1, 0.15) is 21.7 Å². The zero-order valence-corrected chi connectivity index (χ0v) is 18.0. The lowest BCUT2D eigenvalue weighted by Gasteiger charge is -2.16. The van der Waals surface area contributed by atoms with Gasteiger partial charge in [0.15, 0.2) is 11.5 Å². The maximum atomic E-state index is 13.0. The van der Waals surface area contributed by atoms with Crippen LogP contribution in [-0.4, -0.2) is 33.1 Å². The van der Waals surface area contributed by atoms with Gasteiger partial charge in [-0.3, -0.25) is 9.59 Å². The molecule has 0 spiro atoms. The van der Waals surface area contributed by atoms with Crippen molar-refractivity contribution in [3.63, 3.8) is 0 Å². The minimum absolute atomic E-state index is 0.0354. The zero-order chi connectivity index (χ0) is 22.9. The van der Waals surface area contributed by atoms with E-state index in [4.69, 9.17) is 18.6 Å². The Morgan fingerprint density at radius 2 is 1.66 bits per heavy atom. The van der Waals surface area contributed by atoms with E-state index in [-0.39, 0.29) is 12.2 Å². The molecule has 166 valence electrons. The number of furan rings is 1. The second-order valence-corrected chi connectivity index (χ2v) is 6.57. The maximum absolute atomic E-state index is 13.0. The summed E-state index contributed by atoms with van der Waals surface area (Å²) in [6.45, 7) is 0.124. The number of carbonyl (C=O) groups is 2. The van der Waals surface area contributed by atoms with Gasteiger partial charge >= 0.3 is 0 Å². The summed E-state index contributed by atoms with van der Waals surface area (Å²) in [5, 5.41) is 5.44. The van der Waals surface area contributed by atoms with Crippen molar-refractivity contribution >= 4 is 17.9 Å². The lowest BCUT2D eigenvalue weighted by atomic mass is 10.1. The number of methoxy groups -OCH3 is 3. The average molecular weight is 436 g/mol. The van der Waals surface area contributed by atoms with Crippen LogP contribution in [0.4, 0.5) is 0 Å². The highest BCUT2D eigenvalue weighted by Gasteiger charge is 2.19. The van der Waals surface area contributed by atoms with E-state index in [0.29, 0.717) is 34.1 Å². The first kappa shape index (κ1) is 22.5. The first-order valence-electron chi connectivity index (χ1n) is 9.75. The summed E-state index contributed by atoms with van der Waals surface area (Å²) in [6.07, 6.45) is 2.94. The fourth-order valence-electron chi connectivity index (χ4n) is 3.03. The van der Waals surface area contributed by atoms with Crippen LogP contribution in [0, 0.1) is 0 Å². The van der Waals surface area contributed by atoms with Gasteiger partial charge < -0.3 is 29.3 Å². The van der Waals surface area contributed by atoms with Gasteiger partial charge in [-0.25, -0.2) is 0 Å². The van der Waals surface area contributed by atoms with E-state index in [2.05, 4.69) is 10.6 Å². The highest BCUT2D eigenvalue weighted by atomic mass is 16.5. The molecule has 0 unspecified atom stereocenters. The molecule has 2 N–H and O–H groups in total. The van der Waals surface area contributed by atoms with Crippen molar-refractivity contribution in [1.29, 1.82) is 0 Å². The molecule has 8 nitrogen and oxygen atoms in total. The van der Waals surface area contributed by atoms with E-state index in [1.165, 1.54) is 33.7 Å². The van der Waals surface area contributed by atoms with Crippen molar-refractivity contribution in [2.24, 2.45) is 0 Å². The lowest BCUT2D eigenvalue weighted by molar-refractivity contribution is -0.117. The first-order chi connectivity index (χ1) is 15.6. The van der Waals surface area contributed by atoms with E-state index in [1.54, 1.807) is 54.6 Å². The Labute approximate surface area is 185 Å². The molecule has 0 radical (unpaired) electrons. The van der Waals surface area contributed by atoms with E-state index >= 15 is 0 Å². The van der Waals surface area contributed by atoms with Gasteiger partial charge in [0, 0.05) is 23.7 Å². The molecule has 2 amide bonds. The molecule has 8 heteroatoms. The molecule has 3 aromatic rings. The lowest BCUT2D eigenvalue weighted by Crippen LogP contribution is -2.34. The van der Waals surface area contributed by atoms with Crippen LogP contribution in [-0.2, 0) is 11.3 Å². The minimum Gasteiger partial charge on any atom is -0.493 e. The Morgan fingerprint density at radius 3 is 2.28 bits per heavy atom. The van der Waals surface area contributed by atoms with Gasteiger partial charge in [0.25, 0.3) is 11.8 Å². The number of hydrogen-bond acceptors (Lipinski definition) is 6. The van der Waals surface area contributed by atoms with Crippen LogP contribution in [0.25, 0.3) is 6.08 Å². The average Bonchev–Trinajstić information content (AvgIpc) is 3.34. The second kappa shape index (κ2) is 10.7. The molecule has 0 fully saturated rings. The molecule has 3 rings (SSSR count). The van der Waals surface area contributed by atoms with Crippen LogP contribution in [0.3, 0.4) is 0 Å². The van der Waals surface area contributed by atoms with Crippen molar-refractivity contribution in [2.45, 2.75) is 6.54 Å². The third kappa shape index (κ3) is 5.28. The van der Waals surface area contributed by atoms with Gasteiger partial charge in [-0.15, -0.1) is 0 Å². The topological polar surface area (TPSA) is 99.0 Å². The molecule has 0 saturated carbocycles. The maximum Gasteiger partial charge on any atom is 0.268 e. The number of rotatable bonds is 9. The van der Waals surface area contributed by atoms with Crippen molar-refractivity contribution in [3.05, 3.63) is 83.4 Å². The molecule has 0 aliphatic carbocycles. The van der Waals surface area contributed by atoms with Gasteiger partial charge in [-0.05, 0) is 36.4 Å². The molecule has 0 aliphatic heterocycles. The van der Waals surface area contributed by atoms with Gasteiger partial charge in [0.05, 0.1) is 27.6 Å². The highest BCUT2D eigenvalue weighted by Crippen LogP contribution is 2.39. The SMILES string of the molecule is COc1ccc(CNC(=O)/C(=C/c2ccco2)NC(=O)c2ccccc2)c(OC)c1OC. The van der Waals surface area contributed by atoms with E-state index in [1.807, 2.05) is 0 Å². The molecule has 0 atom stereocenters. The highest BCUT2D eigenvalue weighted by molar-refractivity contribution is 6.05.